The second kappa shape index (κ2) is 10.4. The summed E-state index contributed by atoms with van der Waals surface area (Å²) in [6, 6.07) is -2.67. The monoisotopic (exact) mass is 362 g/mol. The topological polar surface area (TPSA) is 228 Å². The highest BCUT2D eigenvalue weighted by molar-refractivity contribution is 5.88. The number of carbonyl (C=O) groups excluding carboxylic acids is 4. The molecule has 0 radical (unpaired) electrons. The van der Waals surface area contributed by atoms with Crippen LogP contribution in [0.25, 0.3) is 0 Å². The Morgan fingerprint density at radius 1 is 0.760 bits per heavy atom. The van der Waals surface area contributed by atoms with Crippen LogP contribution in [0, 0.1) is 0 Å². The van der Waals surface area contributed by atoms with Gasteiger partial charge in [0.1, 0.15) is 12.1 Å². The molecule has 0 bridgehead atoms. The Morgan fingerprint density at radius 3 is 1.32 bits per heavy atom. The van der Waals surface area contributed by atoms with E-state index in [0.29, 0.717) is 0 Å². The first-order valence-electron chi connectivity index (χ1n) is 6.84. The smallest absolute Gasteiger partial charge is 0.405 e. The number of esters is 2. The molecule has 0 spiro atoms. The number of rotatable bonds is 10. The van der Waals surface area contributed by atoms with Crippen LogP contribution in [0.15, 0.2) is 0 Å². The predicted molar refractivity (Wildman–Crippen MR) is 77.9 cm³/mol. The Morgan fingerprint density at radius 2 is 1.08 bits per heavy atom. The van der Waals surface area contributed by atoms with Crippen LogP contribution in [-0.4, -0.2) is 58.2 Å². The van der Waals surface area contributed by atoms with Crippen LogP contribution in [0.2, 0.25) is 0 Å². The molecule has 25 heavy (non-hydrogen) atoms. The van der Waals surface area contributed by atoms with Gasteiger partial charge in [-0.3, -0.25) is 19.2 Å². The fourth-order valence-corrected chi connectivity index (χ4v) is 1.62. The number of carboxylic acid groups (broad SMARTS) is 2. The van der Waals surface area contributed by atoms with Crippen molar-refractivity contribution in [2.75, 3.05) is 0 Å². The lowest BCUT2D eigenvalue weighted by Gasteiger charge is -2.13. The zero-order chi connectivity index (χ0) is 19.6. The molecule has 0 aromatic heterocycles. The Labute approximate surface area is 140 Å². The van der Waals surface area contributed by atoms with Gasteiger partial charge in [-0.2, -0.15) is 0 Å². The van der Waals surface area contributed by atoms with E-state index in [1.807, 2.05) is 0 Å². The lowest BCUT2D eigenvalue weighted by molar-refractivity contribution is -0.159. The predicted octanol–water partition coefficient (Wildman–Crippen LogP) is -2.14. The van der Waals surface area contributed by atoms with Crippen molar-refractivity contribution in [1.82, 2.24) is 10.6 Å². The van der Waals surface area contributed by atoms with E-state index in [9.17, 15) is 28.8 Å². The van der Waals surface area contributed by atoms with Gasteiger partial charge in [0.25, 0.3) is 0 Å². The van der Waals surface area contributed by atoms with E-state index < -0.39 is 60.9 Å². The normalized spacial score (nSPS) is 12.3. The van der Waals surface area contributed by atoms with Crippen molar-refractivity contribution in [2.45, 2.75) is 37.8 Å². The number of hydrogen-bond donors (Lipinski definition) is 6. The van der Waals surface area contributed by atoms with Gasteiger partial charge in [0.15, 0.2) is 0 Å². The second-order valence-electron chi connectivity index (χ2n) is 4.73. The van der Waals surface area contributed by atoms with Crippen molar-refractivity contribution < 1.29 is 43.7 Å². The lowest BCUT2D eigenvalue weighted by Crippen LogP contribution is -2.44. The van der Waals surface area contributed by atoms with Gasteiger partial charge in [-0.05, 0) is 12.8 Å². The first-order valence-corrected chi connectivity index (χ1v) is 6.84. The number of ether oxygens (including phenoxy) is 1. The minimum atomic E-state index is -1.52. The molecule has 2 atom stereocenters. The Bertz CT molecular complexity index is 515. The first-order chi connectivity index (χ1) is 11.5. The van der Waals surface area contributed by atoms with Crippen LogP contribution in [0.5, 0.6) is 0 Å². The molecule has 0 saturated carbocycles. The van der Waals surface area contributed by atoms with Crippen LogP contribution < -0.4 is 22.1 Å². The molecule has 0 unspecified atom stereocenters. The molecular formula is C12H18N4O9. The highest BCUT2D eigenvalue weighted by atomic mass is 16.6. The zero-order valence-corrected chi connectivity index (χ0v) is 12.9. The van der Waals surface area contributed by atoms with Gasteiger partial charge in [0, 0.05) is 12.8 Å². The molecule has 13 nitrogen and oxygen atoms in total. The zero-order valence-electron chi connectivity index (χ0n) is 12.9. The Hall–Kier alpha value is -3.38. The van der Waals surface area contributed by atoms with Crippen LogP contribution in [0.1, 0.15) is 25.7 Å². The van der Waals surface area contributed by atoms with Crippen molar-refractivity contribution in [2.24, 2.45) is 11.5 Å². The number of carbonyl (C=O) groups is 6. The van der Waals surface area contributed by atoms with Crippen molar-refractivity contribution >= 4 is 35.9 Å². The van der Waals surface area contributed by atoms with E-state index in [1.165, 1.54) is 0 Å². The highest BCUT2D eigenvalue weighted by Gasteiger charge is 2.22. The Kier molecular flexibility index (Phi) is 9.00. The van der Waals surface area contributed by atoms with Crippen molar-refractivity contribution in [3.8, 4) is 0 Å². The summed E-state index contributed by atoms with van der Waals surface area (Å²) in [6.45, 7) is 0. The number of primary amides is 2. The average molecular weight is 362 g/mol. The van der Waals surface area contributed by atoms with Crippen LogP contribution in [0.3, 0.4) is 0 Å². The van der Waals surface area contributed by atoms with Gasteiger partial charge < -0.3 is 37.1 Å². The third-order valence-corrected chi connectivity index (χ3v) is 2.78. The summed E-state index contributed by atoms with van der Waals surface area (Å²) in [5.41, 5.74) is 9.88. The van der Waals surface area contributed by atoms with Crippen molar-refractivity contribution in [1.29, 1.82) is 0 Å². The molecule has 0 aliphatic carbocycles. The SMILES string of the molecule is NC(=O)[C@H](CCC(=O)OC(=O)CC[C@H](NC(=O)O)C(N)=O)NC(=O)O. The molecule has 140 valence electrons. The molecule has 0 rings (SSSR count). The molecule has 8 N–H and O–H groups in total. The second-order valence-corrected chi connectivity index (χ2v) is 4.73. The van der Waals surface area contributed by atoms with E-state index in [-0.39, 0.29) is 12.8 Å². The lowest BCUT2D eigenvalue weighted by atomic mass is 10.1. The standard InChI is InChI=1S/C12H18N4O9/c13-9(19)5(15-11(21)22)1-3-7(17)25-8(18)4-2-6(10(14)20)16-12(23)24/h5-6,15-16H,1-4H2,(H2,13,19)(H2,14,20)(H,21,22)(H,23,24)/t5-,6-/m0/s1. The molecular weight excluding hydrogens is 344 g/mol. The van der Waals surface area contributed by atoms with Crippen molar-refractivity contribution in [3.63, 3.8) is 0 Å². The summed E-state index contributed by atoms with van der Waals surface area (Å²) in [5.74, 6) is -4.12. The Balaban J connectivity index is 4.34. The third-order valence-electron chi connectivity index (χ3n) is 2.78. The van der Waals surface area contributed by atoms with E-state index in [1.54, 1.807) is 10.6 Å². The molecule has 13 heteroatoms. The van der Waals surface area contributed by atoms with E-state index in [4.69, 9.17) is 21.7 Å². The van der Waals surface area contributed by atoms with Gasteiger partial charge >= 0.3 is 24.1 Å². The average Bonchev–Trinajstić information content (AvgIpc) is 2.46. The maximum atomic E-state index is 11.5. The fourth-order valence-electron chi connectivity index (χ4n) is 1.62. The van der Waals surface area contributed by atoms with Gasteiger partial charge in [-0.25, -0.2) is 9.59 Å². The molecule has 0 heterocycles. The van der Waals surface area contributed by atoms with Crippen molar-refractivity contribution in [3.05, 3.63) is 0 Å². The minimum Gasteiger partial charge on any atom is -0.465 e. The van der Waals surface area contributed by atoms with Crippen LogP contribution in [0.4, 0.5) is 9.59 Å². The number of nitrogens with two attached hydrogens (primary N) is 2. The summed E-state index contributed by atoms with van der Waals surface area (Å²) in [4.78, 5) is 65.7. The number of nitrogens with one attached hydrogen (secondary N) is 2. The number of hydrogen-bond acceptors (Lipinski definition) is 7. The summed E-state index contributed by atoms with van der Waals surface area (Å²) in [5, 5.41) is 20.6. The summed E-state index contributed by atoms with van der Waals surface area (Å²) < 4.78 is 4.39. The molecule has 0 aliphatic heterocycles. The first kappa shape index (κ1) is 21.6. The molecule has 4 amide bonds. The van der Waals surface area contributed by atoms with Gasteiger partial charge in [-0.1, -0.05) is 0 Å². The van der Waals surface area contributed by atoms with E-state index in [0.717, 1.165) is 0 Å². The number of amides is 4. The van der Waals surface area contributed by atoms with Crippen LogP contribution >= 0.6 is 0 Å². The van der Waals surface area contributed by atoms with Crippen LogP contribution in [-0.2, 0) is 23.9 Å². The summed E-state index contributed by atoms with van der Waals surface area (Å²) in [7, 11) is 0. The maximum Gasteiger partial charge on any atom is 0.405 e. The molecule has 0 aromatic carbocycles. The van der Waals surface area contributed by atoms with E-state index in [2.05, 4.69) is 4.74 Å². The van der Waals surface area contributed by atoms with E-state index >= 15 is 0 Å². The highest BCUT2D eigenvalue weighted by Crippen LogP contribution is 2.03. The molecule has 0 aliphatic rings. The largest absolute Gasteiger partial charge is 0.465 e. The molecule has 0 fully saturated rings. The molecule has 0 saturated heterocycles. The summed E-state index contributed by atoms with van der Waals surface area (Å²) >= 11 is 0. The van der Waals surface area contributed by atoms with Gasteiger partial charge in [0.05, 0.1) is 0 Å². The summed E-state index contributed by atoms with van der Waals surface area (Å²) in [6.07, 6.45) is -4.64. The van der Waals surface area contributed by atoms with Gasteiger partial charge in [-0.15, -0.1) is 0 Å². The fraction of sp³-hybridized carbons (Fsp3) is 0.500. The minimum absolute atomic E-state index is 0.321. The van der Waals surface area contributed by atoms with Gasteiger partial charge in [0.2, 0.25) is 11.8 Å². The third kappa shape index (κ3) is 10.1. The molecule has 0 aromatic rings. The maximum absolute atomic E-state index is 11.5. The quantitative estimate of drug-likeness (QED) is 0.184.